The highest BCUT2D eigenvalue weighted by Crippen LogP contribution is 2.29. The molecule has 2 N–H and O–H groups in total. The molecule has 0 radical (unpaired) electrons. The van der Waals surface area contributed by atoms with Crippen molar-refractivity contribution in [3.63, 3.8) is 0 Å². The number of benzene rings is 2. The number of thiophene rings is 1. The zero-order valence-corrected chi connectivity index (χ0v) is 17.6. The van der Waals surface area contributed by atoms with Crippen molar-refractivity contribution in [1.29, 1.82) is 0 Å². The van der Waals surface area contributed by atoms with Crippen LogP contribution >= 0.6 is 22.9 Å². The summed E-state index contributed by atoms with van der Waals surface area (Å²) < 4.78 is 42.4. The SMILES string of the molecule is Cc1ccc(NC(=O)c2ccc(Cl)c(NC(=O)c3cccs3)c2)c(OCC(F)(F)F)c1. The Bertz CT molecular complexity index is 1100. The number of hydrogen-bond acceptors (Lipinski definition) is 4. The quantitative estimate of drug-likeness (QED) is 0.455. The Labute approximate surface area is 184 Å². The maximum atomic E-state index is 12.7. The van der Waals surface area contributed by atoms with E-state index in [1.807, 2.05) is 0 Å². The van der Waals surface area contributed by atoms with E-state index in [-0.39, 0.29) is 33.6 Å². The molecule has 0 saturated carbocycles. The summed E-state index contributed by atoms with van der Waals surface area (Å²) in [5.74, 6) is -1.09. The van der Waals surface area contributed by atoms with Gasteiger partial charge < -0.3 is 15.4 Å². The maximum Gasteiger partial charge on any atom is 0.422 e. The molecule has 0 aliphatic heterocycles. The molecule has 0 fully saturated rings. The number of nitrogens with one attached hydrogen (secondary N) is 2. The summed E-state index contributed by atoms with van der Waals surface area (Å²) in [6.07, 6.45) is -4.52. The summed E-state index contributed by atoms with van der Waals surface area (Å²) >= 11 is 7.37. The van der Waals surface area contributed by atoms with Crippen molar-refractivity contribution in [2.45, 2.75) is 13.1 Å². The summed E-state index contributed by atoms with van der Waals surface area (Å²) in [5.41, 5.74) is 1.12. The van der Waals surface area contributed by atoms with Crippen LogP contribution in [0.15, 0.2) is 53.9 Å². The van der Waals surface area contributed by atoms with Crippen molar-refractivity contribution < 1.29 is 27.5 Å². The summed E-state index contributed by atoms with van der Waals surface area (Å²) in [6.45, 7) is 0.201. The Kier molecular flexibility index (Phi) is 6.87. The number of alkyl halides is 3. The van der Waals surface area contributed by atoms with Gasteiger partial charge in [0.05, 0.1) is 21.3 Å². The van der Waals surface area contributed by atoms with Gasteiger partial charge in [-0.05, 0) is 54.3 Å². The van der Waals surface area contributed by atoms with E-state index in [0.29, 0.717) is 10.4 Å². The van der Waals surface area contributed by atoms with Gasteiger partial charge in [0.1, 0.15) is 5.75 Å². The summed E-state index contributed by atoms with van der Waals surface area (Å²) in [5, 5.41) is 7.15. The normalized spacial score (nSPS) is 11.1. The van der Waals surface area contributed by atoms with E-state index in [9.17, 15) is 22.8 Å². The van der Waals surface area contributed by atoms with Crippen LogP contribution in [0, 0.1) is 6.92 Å². The lowest BCUT2D eigenvalue weighted by Crippen LogP contribution is -2.20. The monoisotopic (exact) mass is 468 g/mol. The number of anilines is 2. The molecule has 5 nitrogen and oxygen atoms in total. The third-order valence-corrected chi connectivity index (χ3v) is 5.20. The predicted octanol–water partition coefficient (Wildman–Crippen LogP) is 6.16. The third kappa shape index (κ3) is 6.22. The summed E-state index contributed by atoms with van der Waals surface area (Å²) in [7, 11) is 0. The molecule has 3 rings (SSSR count). The molecular weight excluding hydrogens is 453 g/mol. The molecule has 2 amide bonds. The summed E-state index contributed by atoms with van der Waals surface area (Å²) in [6, 6.07) is 12.1. The van der Waals surface area contributed by atoms with Gasteiger partial charge in [0, 0.05) is 5.56 Å². The Morgan fingerprint density at radius 3 is 2.45 bits per heavy atom. The van der Waals surface area contributed by atoms with Gasteiger partial charge in [-0.2, -0.15) is 13.2 Å². The number of carbonyl (C=O) groups is 2. The minimum absolute atomic E-state index is 0.0824. The van der Waals surface area contributed by atoms with Crippen LogP contribution in [-0.2, 0) is 0 Å². The molecule has 0 atom stereocenters. The third-order valence-electron chi connectivity index (χ3n) is 4.00. The number of carbonyl (C=O) groups excluding carboxylic acids is 2. The number of aryl methyl sites for hydroxylation is 1. The van der Waals surface area contributed by atoms with Crippen molar-refractivity contribution >= 4 is 46.1 Å². The molecule has 2 aromatic carbocycles. The van der Waals surface area contributed by atoms with Gasteiger partial charge in [0.15, 0.2) is 6.61 Å². The fraction of sp³-hybridized carbons (Fsp3) is 0.143. The Morgan fingerprint density at radius 1 is 1.03 bits per heavy atom. The number of ether oxygens (including phenoxy) is 1. The lowest BCUT2D eigenvalue weighted by molar-refractivity contribution is -0.153. The fourth-order valence-electron chi connectivity index (χ4n) is 2.56. The van der Waals surface area contributed by atoms with Crippen molar-refractivity contribution in [3.05, 3.63) is 74.9 Å². The van der Waals surface area contributed by atoms with Crippen LogP contribution in [0.4, 0.5) is 24.5 Å². The number of halogens is 4. The average molecular weight is 469 g/mol. The number of hydrogen-bond donors (Lipinski definition) is 2. The molecule has 31 heavy (non-hydrogen) atoms. The first-order valence-electron chi connectivity index (χ1n) is 8.88. The highest BCUT2D eigenvalue weighted by Gasteiger charge is 2.29. The zero-order valence-electron chi connectivity index (χ0n) is 16.0. The first-order chi connectivity index (χ1) is 14.6. The van der Waals surface area contributed by atoms with Crippen LogP contribution in [0.1, 0.15) is 25.6 Å². The summed E-state index contributed by atoms with van der Waals surface area (Å²) in [4.78, 5) is 25.4. The number of amides is 2. The standard InChI is InChI=1S/C21H16ClF3N2O3S/c1-12-4-7-15(17(9-12)30-11-21(23,24)25)26-19(28)13-5-6-14(22)16(10-13)27-20(29)18-3-2-8-31-18/h2-10H,11H2,1H3,(H,26,28)(H,27,29). The topological polar surface area (TPSA) is 67.4 Å². The van der Waals surface area contributed by atoms with Crippen molar-refractivity contribution in [2.24, 2.45) is 0 Å². The molecule has 3 aromatic rings. The molecule has 0 aliphatic rings. The average Bonchev–Trinajstić information content (AvgIpc) is 3.24. The minimum Gasteiger partial charge on any atom is -0.482 e. The molecule has 0 aliphatic carbocycles. The molecule has 0 unspecified atom stereocenters. The van der Waals surface area contributed by atoms with Crippen molar-refractivity contribution in [3.8, 4) is 5.75 Å². The van der Waals surface area contributed by atoms with Crippen LogP contribution in [0.25, 0.3) is 0 Å². The second kappa shape index (κ2) is 9.40. The first kappa shape index (κ1) is 22.6. The van der Waals surface area contributed by atoms with E-state index in [1.165, 1.54) is 41.7 Å². The van der Waals surface area contributed by atoms with Gasteiger partial charge in [0.25, 0.3) is 11.8 Å². The van der Waals surface area contributed by atoms with E-state index in [2.05, 4.69) is 10.6 Å². The molecular formula is C21H16ClF3N2O3S. The Hall–Kier alpha value is -3.04. The van der Waals surface area contributed by atoms with Crippen LogP contribution in [-0.4, -0.2) is 24.6 Å². The molecule has 162 valence electrons. The van der Waals surface area contributed by atoms with Crippen molar-refractivity contribution in [2.75, 3.05) is 17.2 Å². The number of rotatable bonds is 6. The van der Waals surface area contributed by atoms with Gasteiger partial charge in [-0.15, -0.1) is 11.3 Å². The second-order valence-corrected chi connectivity index (χ2v) is 7.84. The molecule has 0 saturated heterocycles. The molecule has 10 heteroatoms. The van der Waals surface area contributed by atoms with E-state index in [4.69, 9.17) is 16.3 Å². The van der Waals surface area contributed by atoms with E-state index in [0.717, 1.165) is 0 Å². The predicted molar refractivity (Wildman–Crippen MR) is 114 cm³/mol. The largest absolute Gasteiger partial charge is 0.482 e. The van der Waals surface area contributed by atoms with Crippen molar-refractivity contribution in [1.82, 2.24) is 0 Å². The first-order valence-corrected chi connectivity index (χ1v) is 10.1. The van der Waals surface area contributed by atoms with Crippen LogP contribution in [0.3, 0.4) is 0 Å². The van der Waals surface area contributed by atoms with Gasteiger partial charge in [-0.1, -0.05) is 23.7 Å². The molecule has 0 bridgehead atoms. The molecule has 0 spiro atoms. The lowest BCUT2D eigenvalue weighted by atomic mass is 10.1. The Balaban J connectivity index is 1.79. The Morgan fingerprint density at radius 2 is 1.77 bits per heavy atom. The van der Waals surface area contributed by atoms with E-state index < -0.39 is 18.7 Å². The van der Waals surface area contributed by atoms with Crippen LogP contribution in [0.2, 0.25) is 5.02 Å². The van der Waals surface area contributed by atoms with Gasteiger partial charge >= 0.3 is 6.18 Å². The highest BCUT2D eigenvalue weighted by atomic mass is 35.5. The van der Waals surface area contributed by atoms with Crippen LogP contribution < -0.4 is 15.4 Å². The second-order valence-electron chi connectivity index (χ2n) is 6.48. The van der Waals surface area contributed by atoms with Gasteiger partial charge in [0.2, 0.25) is 0 Å². The lowest BCUT2D eigenvalue weighted by Gasteiger charge is -2.15. The van der Waals surface area contributed by atoms with E-state index in [1.54, 1.807) is 30.5 Å². The molecule has 1 aromatic heterocycles. The maximum absolute atomic E-state index is 12.7. The van der Waals surface area contributed by atoms with Gasteiger partial charge in [-0.3, -0.25) is 9.59 Å². The van der Waals surface area contributed by atoms with E-state index >= 15 is 0 Å². The zero-order chi connectivity index (χ0) is 22.6. The highest BCUT2D eigenvalue weighted by molar-refractivity contribution is 7.12. The van der Waals surface area contributed by atoms with Crippen LogP contribution in [0.5, 0.6) is 5.75 Å². The minimum atomic E-state index is -4.52. The van der Waals surface area contributed by atoms with Gasteiger partial charge in [-0.25, -0.2) is 0 Å². The smallest absolute Gasteiger partial charge is 0.422 e. The fourth-order valence-corrected chi connectivity index (χ4v) is 3.34. The molecule has 1 heterocycles.